The lowest BCUT2D eigenvalue weighted by atomic mass is 9.39. The molecule has 3 heterocycles. The van der Waals surface area contributed by atoms with Crippen LogP contribution in [-0.2, 0) is 19.1 Å². The summed E-state index contributed by atoms with van der Waals surface area (Å²) < 4.78 is 12.3. The van der Waals surface area contributed by atoms with Gasteiger partial charge in [0.05, 0.1) is 11.5 Å². The van der Waals surface area contributed by atoms with Crippen LogP contribution in [0.3, 0.4) is 0 Å². The fourth-order valence-electron chi connectivity index (χ4n) is 9.59. The minimum atomic E-state index is -1.15. The number of ether oxygens (including phenoxy) is 2. The van der Waals surface area contributed by atoms with E-state index in [0.29, 0.717) is 18.4 Å². The predicted molar refractivity (Wildman–Crippen MR) is 125 cm³/mol. The minimum Gasteiger partial charge on any atom is -0.456 e. The predicted octanol–water partition coefficient (Wildman–Crippen LogP) is 3.50. The summed E-state index contributed by atoms with van der Waals surface area (Å²) in [6.07, 6.45) is 6.83. The van der Waals surface area contributed by atoms with Crippen molar-refractivity contribution in [3.8, 4) is 0 Å². The topological polar surface area (TPSA) is 93.1 Å². The van der Waals surface area contributed by atoms with Gasteiger partial charge in [-0.05, 0) is 95.0 Å². The first kappa shape index (κ1) is 22.9. The molecule has 1 unspecified atom stereocenters. The lowest BCUT2D eigenvalue weighted by Gasteiger charge is -2.73. The second-order valence-corrected chi connectivity index (χ2v) is 12.8. The molecule has 0 aromatic heterocycles. The summed E-state index contributed by atoms with van der Waals surface area (Å²) in [4.78, 5) is 25.7. The summed E-state index contributed by atoms with van der Waals surface area (Å²) in [5.41, 5.74) is -1.19. The molecule has 34 heavy (non-hydrogen) atoms. The highest BCUT2D eigenvalue weighted by Gasteiger charge is 2.79. The van der Waals surface area contributed by atoms with Crippen LogP contribution in [0.25, 0.3) is 0 Å². The largest absolute Gasteiger partial charge is 0.456 e. The highest BCUT2D eigenvalue weighted by molar-refractivity contribution is 5.97. The Labute approximate surface area is 201 Å². The van der Waals surface area contributed by atoms with Gasteiger partial charge in [-0.1, -0.05) is 18.6 Å². The molecule has 0 aromatic rings. The van der Waals surface area contributed by atoms with Gasteiger partial charge in [-0.2, -0.15) is 0 Å². The Bertz CT molecular complexity index is 1030. The van der Waals surface area contributed by atoms with Gasteiger partial charge in [0, 0.05) is 12.0 Å². The van der Waals surface area contributed by atoms with Gasteiger partial charge < -0.3 is 19.7 Å². The quantitative estimate of drug-likeness (QED) is 0.600. The number of aliphatic hydroxyl groups excluding tert-OH is 1. The molecule has 4 aliphatic carbocycles. The van der Waals surface area contributed by atoms with Crippen LogP contribution in [0.1, 0.15) is 73.1 Å². The number of allylic oxidation sites excluding steroid dienone is 1. The summed E-state index contributed by atoms with van der Waals surface area (Å²) in [5, 5.41) is 23.3. The average molecular weight is 471 g/mol. The number of carbonyl (C=O) groups excluding carboxylic acids is 2. The van der Waals surface area contributed by atoms with Crippen LogP contribution in [-0.4, -0.2) is 51.5 Å². The Morgan fingerprint density at radius 1 is 1.12 bits per heavy atom. The van der Waals surface area contributed by atoms with Gasteiger partial charge in [0.1, 0.15) is 23.4 Å². The summed E-state index contributed by atoms with van der Waals surface area (Å²) in [6.45, 7) is 9.88. The summed E-state index contributed by atoms with van der Waals surface area (Å²) in [5.74, 6) is 0.234. The van der Waals surface area contributed by atoms with Gasteiger partial charge in [0.2, 0.25) is 0 Å². The molecule has 0 radical (unpaired) electrons. The SMILES string of the molecule is CC1=C(C)C(=O)OC([C@](C)(O)[C@H]2CC[C@H]3[C@@H]4[C@@H]5O[C@@]6(CC=CC(=O)[C@]6(C)[C@H]4CC[C@@]32C)[C@H]5O)C1. The van der Waals surface area contributed by atoms with Crippen LogP contribution in [0.5, 0.6) is 0 Å². The Kier molecular flexibility index (Phi) is 4.61. The van der Waals surface area contributed by atoms with Gasteiger partial charge in [0.15, 0.2) is 5.78 Å². The van der Waals surface area contributed by atoms with Crippen LogP contribution >= 0.6 is 0 Å². The van der Waals surface area contributed by atoms with E-state index in [1.807, 2.05) is 26.8 Å². The second-order valence-electron chi connectivity index (χ2n) is 12.8. The van der Waals surface area contributed by atoms with Crippen LogP contribution in [0.2, 0.25) is 0 Å². The fourth-order valence-corrected chi connectivity index (χ4v) is 9.59. The third kappa shape index (κ3) is 2.43. The Hall–Kier alpha value is -1.50. The molecule has 1 spiro atoms. The first-order valence-corrected chi connectivity index (χ1v) is 13.1. The van der Waals surface area contributed by atoms with Crippen molar-refractivity contribution in [3.63, 3.8) is 0 Å². The van der Waals surface area contributed by atoms with Crippen molar-refractivity contribution < 1.29 is 29.3 Å². The molecule has 2 saturated heterocycles. The zero-order chi connectivity index (χ0) is 24.4. The van der Waals surface area contributed by atoms with Crippen molar-refractivity contribution in [2.75, 3.05) is 0 Å². The van der Waals surface area contributed by atoms with E-state index in [2.05, 4.69) is 6.92 Å². The maximum absolute atomic E-state index is 13.3. The zero-order valence-electron chi connectivity index (χ0n) is 21.0. The highest BCUT2D eigenvalue weighted by Crippen LogP contribution is 2.73. The first-order valence-electron chi connectivity index (χ1n) is 13.1. The number of hydrogen-bond donors (Lipinski definition) is 2. The lowest BCUT2D eigenvalue weighted by Crippen LogP contribution is -2.83. The van der Waals surface area contributed by atoms with Crippen LogP contribution in [0, 0.1) is 34.5 Å². The number of cyclic esters (lactones) is 1. The van der Waals surface area contributed by atoms with Gasteiger partial charge in [0.25, 0.3) is 0 Å². The number of rotatable bonds is 2. The van der Waals surface area contributed by atoms with Crippen molar-refractivity contribution >= 4 is 11.8 Å². The number of fused-ring (bicyclic) bond motifs is 1. The normalized spacial score (nSPS) is 53.3. The van der Waals surface area contributed by atoms with Crippen molar-refractivity contribution in [1.82, 2.24) is 0 Å². The molecule has 0 aromatic carbocycles. The molecule has 6 nitrogen and oxygen atoms in total. The summed E-state index contributed by atoms with van der Waals surface area (Å²) >= 11 is 0. The molecule has 7 aliphatic rings. The fraction of sp³-hybridized carbons (Fsp3) is 0.786. The first-order chi connectivity index (χ1) is 15.9. The van der Waals surface area contributed by atoms with Crippen molar-refractivity contribution in [2.24, 2.45) is 34.5 Å². The lowest BCUT2D eigenvalue weighted by molar-refractivity contribution is -0.399. The smallest absolute Gasteiger partial charge is 0.334 e. The van der Waals surface area contributed by atoms with Crippen LogP contribution in [0.4, 0.5) is 0 Å². The van der Waals surface area contributed by atoms with Crippen molar-refractivity contribution in [3.05, 3.63) is 23.3 Å². The minimum absolute atomic E-state index is 0.0337. The van der Waals surface area contributed by atoms with Crippen LogP contribution < -0.4 is 0 Å². The van der Waals surface area contributed by atoms with E-state index in [1.165, 1.54) is 0 Å². The van der Waals surface area contributed by atoms with Gasteiger partial charge in [-0.15, -0.1) is 0 Å². The molecule has 3 saturated carbocycles. The Morgan fingerprint density at radius 2 is 1.85 bits per heavy atom. The van der Waals surface area contributed by atoms with Crippen molar-refractivity contribution in [1.29, 1.82) is 0 Å². The molecule has 186 valence electrons. The molecule has 2 bridgehead atoms. The second kappa shape index (κ2) is 6.83. The Morgan fingerprint density at radius 3 is 2.53 bits per heavy atom. The molecule has 7 rings (SSSR count). The van der Waals surface area contributed by atoms with E-state index in [9.17, 15) is 19.8 Å². The van der Waals surface area contributed by atoms with E-state index < -0.39 is 28.8 Å². The van der Waals surface area contributed by atoms with E-state index in [1.54, 1.807) is 13.0 Å². The third-order valence-electron chi connectivity index (χ3n) is 11.7. The molecular formula is C28H38O6. The summed E-state index contributed by atoms with van der Waals surface area (Å²) in [6, 6.07) is 0. The zero-order valence-corrected chi connectivity index (χ0v) is 21.0. The van der Waals surface area contributed by atoms with Gasteiger partial charge in [-0.25, -0.2) is 4.79 Å². The molecule has 0 amide bonds. The van der Waals surface area contributed by atoms with E-state index in [-0.39, 0.29) is 46.9 Å². The third-order valence-corrected chi connectivity index (χ3v) is 11.7. The molecule has 6 heteroatoms. The monoisotopic (exact) mass is 470 g/mol. The van der Waals surface area contributed by atoms with E-state index in [4.69, 9.17) is 9.47 Å². The average Bonchev–Trinajstić information content (AvgIpc) is 3.15. The molecule has 2 N–H and O–H groups in total. The van der Waals surface area contributed by atoms with E-state index in [0.717, 1.165) is 31.3 Å². The number of hydrogen-bond acceptors (Lipinski definition) is 6. The highest BCUT2D eigenvalue weighted by atomic mass is 16.6. The summed E-state index contributed by atoms with van der Waals surface area (Å²) in [7, 11) is 0. The number of carbonyl (C=O) groups is 2. The molecule has 11 atom stereocenters. The number of aliphatic hydroxyl groups is 2. The van der Waals surface area contributed by atoms with Crippen LogP contribution in [0.15, 0.2) is 23.3 Å². The van der Waals surface area contributed by atoms with Crippen molar-refractivity contribution in [2.45, 2.75) is 103 Å². The molecular weight excluding hydrogens is 432 g/mol. The maximum Gasteiger partial charge on any atom is 0.334 e. The number of ketones is 1. The van der Waals surface area contributed by atoms with E-state index >= 15 is 0 Å². The van der Waals surface area contributed by atoms with Gasteiger partial charge >= 0.3 is 5.97 Å². The number of esters is 1. The van der Waals surface area contributed by atoms with Gasteiger partial charge in [-0.3, -0.25) is 4.79 Å². The standard InChI is InChI=1S/C28H38O6/c1-14-13-20(33-24(31)15(14)2)27(5,32)18-9-8-16-21-17(10-12-25(16,18)3)26(4)19(29)7-6-11-28(26)23(30)22(21)34-28/h6-7,16-18,20-23,30,32H,8-13H2,1-5H3/t16-,17-,18-,20?,21-,22-,23-,25-,26-,27+,28-/m0/s1. The Balaban J connectivity index is 1.34. The molecule has 3 aliphatic heterocycles. The molecule has 5 fully saturated rings. The maximum atomic E-state index is 13.3.